The molecule has 2 N–H and O–H groups in total. The Kier molecular flexibility index (Phi) is 3.01. The smallest absolute Gasteiger partial charge is 0.247 e. The molecule has 0 amide bonds. The summed E-state index contributed by atoms with van der Waals surface area (Å²) < 4.78 is 4.99. The van der Waals surface area contributed by atoms with E-state index in [0.29, 0.717) is 5.95 Å². The number of nitrogens with zero attached hydrogens (tertiary/aromatic N) is 2. The van der Waals surface area contributed by atoms with E-state index < -0.39 is 0 Å². The molecule has 0 saturated heterocycles. The highest BCUT2D eigenvalue weighted by atomic mass is 32.2. The highest BCUT2D eigenvalue weighted by Gasteiger charge is 2.05. The molecule has 0 atom stereocenters. The van der Waals surface area contributed by atoms with Gasteiger partial charge in [0, 0.05) is 5.69 Å². The molecule has 3 aromatic rings. The molecule has 0 bridgehead atoms. The van der Waals surface area contributed by atoms with E-state index in [0.717, 1.165) is 15.7 Å². The first-order chi connectivity index (χ1) is 8.90. The van der Waals surface area contributed by atoms with Crippen molar-refractivity contribution >= 4 is 23.4 Å². The van der Waals surface area contributed by atoms with Gasteiger partial charge in [0.2, 0.25) is 5.95 Å². The third-order valence-electron chi connectivity index (χ3n) is 2.20. The summed E-state index contributed by atoms with van der Waals surface area (Å²) >= 11 is 1.46. The van der Waals surface area contributed by atoms with Gasteiger partial charge in [-0.2, -0.15) is 4.98 Å². The fourth-order valence-corrected chi connectivity index (χ4v) is 2.09. The molecule has 0 spiro atoms. The maximum atomic E-state index is 4.99. The van der Waals surface area contributed by atoms with Crippen molar-refractivity contribution < 1.29 is 4.42 Å². The van der Waals surface area contributed by atoms with E-state index in [4.69, 9.17) is 4.42 Å². The molecule has 0 aliphatic heterocycles. The predicted molar refractivity (Wildman–Crippen MR) is 68.9 cm³/mol. The van der Waals surface area contributed by atoms with Crippen molar-refractivity contribution in [2.45, 2.75) is 10.1 Å². The van der Waals surface area contributed by atoms with Gasteiger partial charge >= 0.3 is 0 Å². The topological polar surface area (TPSA) is 66.7 Å². The van der Waals surface area contributed by atoms with E-state index in [1.165, 1.54) is 11.8 Å². The number of para-hydroxylation sites is 1. The summed E-state index contributed by atoms with van der Waals surface area (Å²) in [6.45, 7) is 0. The lowest BCUT2D eigenvalue weighted by Gasteiger charge is -1.99. The van der Waals surface area contributed by atoms with Crippen LogP contribution in [0.3, 0.4) is 0 Å². The van der Waals surface area contributed by atoms with E-state index in [9.17, 15) is 0 Å². The quantitative estimate of drug-likeness (QED) is 0.751. The number of benzene rings is 1. The Morgan fingerprint density at radius 1 is 1.17 bits per heavy atom. The first-order valence-corrected chi connectivity index (χ1v) is 6.16. The van der Waals surface area contributed by atoms with E-state index in [1.54, 1.807) is 12.5 Å². The van der Waals surface area contributed by atoms with Crippen LogP contribution in [0.2, 0.25) is 0 Å². The molecule has 0 aliphatic carbocycles. The van der Waals surface area contributed by atoms with E-state index in [-0.39, 0.29) is 0 Å². The zero-order valence-electron chi connectivity index (χ0n) is 9.33. The Balaban J connectivity index is 1.70. The predicted octanol–water partition coefficient (Wildman–Crippen LogP) is 3.29. The van der Waals surface area contributed by atoms with Gasteiger partial charge in [0.25, 0.3) is 0 Å². The Labute approximate surface area is 108 Å². The lowest BCUT2D eigenvalue weighted by Crippen LogP contribution is -1.91. The molecular weight excluding hydrogens is 248 g/mol. The average molecular weight is 258 g/mol. The molecule has 3 rings (SSSR count). The Morgan fingerprint density at radius 3 is 2.83 bits per heavy atom. The summed E-state index contributed by atoms with van der Waals surface area (Å²) in [7, 11) is 0. The number of furan rings is 1. The molecule has 18 heavy (non-hydrogen) atoms. The third-order valence-corrected chi connectivity index (χ3v) is 3.05. The summed E-state index contributed by atoms with van der Waals surface area (Å²) in [4.78, 5) is 5.31. The van der Waals surface area contributed by atoms with E-state index in [2.05, 4.69) is 20.5 Å². The number of aromatic amines is 1. The van der Waals surface area contributed by atoms with Gasteiger partial charge in [-0.1, -0.05) is 18.2 Å². The monoisotopic (exact) mass is 258 g/mol. The zero-order valence-corrected chi connectivity index (χ0v) is 10.1. The van der Waals surface area contributed by atoms with E-state index >= 15 is 0 Å². The largest absolute Gasteiger partial charge is 0.471 e. The third kappa shape index (κ3) is 2.54. The van der Waals surface area contributed by atoms with Crippen molar-refractivity contribution in [1.82, 2.24) is 15.2 Å². The maximum Gasteiger partial charge on any atom is 0.247 e. The van der Waals surface area contributed by atoms with Crippen LogP contribution in [0.15, 0.2) is 63.4 Å². The van der Waals surface area contributed by atoms with Crippen LogP contribution in [0.4, 0.5) is 11.6 Å². The normalized spacial score (nSPS) is 10.4. The summed E-state index contributed by atoms with van der Waals surface area (Å²) in [5, 5.41) is 10.8. The minimum absolute atomic E-state index is 0.548. The molecule has 90 valence electrons. The summed E-state index contributed by atoms with van der Waals surface area (Å²) in [5.74, 6) is 0.548. The number of aromatic nitrogens is 3. The molecule has 0 unspecified atom stereocenters. The molecule has 0 aliphatic rings. The van der Waals surface area contributed by atoms with Gasteiger partial charge in [-0.15, -0.1) is 5.10 Å². The second-order valence-corrected chi connectivity index (χ2v) is 4.58. The van der Waals surface area contributed by atoms with Gasteiger partial charge in [0.1, 0.15) is 6.26 Å². The minimum Gasteiger partial charge on any atom is -0.471 e. The Bertz CT molecular complexity index is 606. The first kappa shape index (κ1) is 10.9. The fraction of sp³-hybridized carbons (Fsp3) is 0. The summed E-state index contributed by atoms with van der Waals surface area (Å²) in [5.41, 5.74) is 0.955. The number of rotatable bonds is 4. The summed E-state index contributed by atoms with van der Waals surface area (Å²) in [6.07, 6.45) is 3.29. The molecule has 1 aromatic carbocycles. The zero-order chi connectivity index (χ0) is 12.2. The van der Waals surface area contributed by atoms with Crippen LogP contribution < -0.4 is 5.32 Å². The molecule has 2 heterocycles. The average Bonchev–Trinajstić information content (AvgIpc) is 3.03. The second-order valence-electron chi connectivity index (χ2n) is 3.52. The number of hydrogen-bond acceptors (Lipinski definition) is 5. The SMILES string of the molecule is c1ccc(Nc2n[nH]c(Sc3ccoc3)n2)cc1. The van der Waals surface area contributed by atoms with Crippen LogP contribution in [0.25, 0.3) is 0 Å². The van der Waals surface area contributed by atoms with Crippen LogP contribution in [-0.4, -0.2) is 15.2 Å². The molecule has 2 aromatic heterocycles. The van der Waals surface area contributed by atoms with Gasteiger partial charge in [0.15, 0.2) is 5.16 Å². The van der Waals surface area contributed by atoms with Crippen molar-refractivity contribution in [3.8, 4) is 0 Å². The van der Waals surface area contributed by atoms with Crippen LogP contribution >= 0.6 is 11.8 Å². The standard InChI is InChI=1S/C12H10N4OS/c1-2-4-9(5-3-1)13-11-14-12(16-15-11)18-10-6-7-17-8-10/h1-8H,(H2,13,14,15,16). The second kappa shape index (κ2) is 4.97. The van der Waals surface area contributed by atoms with Gasteiger partial charge in [0.05, 0.1) is 11.2 Å². The van der Waals surface area contributed by atoms with Gasteiger partial charge in [-0.05, 0) is 30.0 Å². The minimum atomic E-state index is 0.548. The van der Waals surface area contributed by atoms with Crippen LogP contribution in [0, 0.1) is 0 Å². The van der Waals surface area contributed by atoms with Crippen LogP contribution in [0.5, 0.6) is 0 Å². The van der Waals surface area contributed by atoms with Crippen molar-refractivity contribution in [2.75, 3.05) is 5.32 Å². The highest BCUT2D eigenvalue weighted by molar-refractivity contribution is 7.99. The number of hydrogen-bond donors (Lipinski definition) is 2. The molecule has 6 heteroatoms. The van der Waals surface area contributed by atoms with Crippen LogP contribution in [-0.2, 0) is 0 Å². The Hall–Kier alpha value is -2.21. The van der Waals surface area contributed by atoms with Crippen LogP contribution in [0.1, 0.15) is 0 Å². The lowest BCUT2D eigenvalue weighted by molar-refractivity contribution is 0.562. The van der Waals surface area contributed by atoms with Gasteiger partial charge in [-0.3, -0.25) is 5.10 Å². The fourth-order valence-electron chi connectivity index (χ4n) is 1.42. The van der Waals surface area contributed by atoms with Gasteiger partial charge in [-0.25, -0.2) is 0 Å². The number of anilines is 2. The number of nitrogens with one attached hydrogen (secondary N) is 2. The first-order valence-electron chi connectivity index (χ1n) is 5.35. The number of H-pyrrole nitrogens is 1. The molecule has 0 saturated carbocycles. The molecule has 0 fully saturated rings. The maximum absolute atomic E-state index is 4.99. The summed E-state index contributed by atoms with van der Waals surface area (Å²) in [6, 6.07) is 11.7. The highest BCUT2D eigenvalue weighted by Crippen LogP contribution is 2.25. The molecule has 0 radical (unpaired) electrons. The van der Waals surface area contributed by atoms with Gasteiger partial charge < -0.3 is 9.73 Å². The van der Waals surface area contributed by atoms with Crippen molar-refractivity contribution in [2.24, 2.45) is 0 Å². The van der Waals surface area contributed by atoms with Crippen molar-refractivity contribution in [3.63, 3.8) is 0 Å². The van der Waals surface area contributed by atoms with Crippen molar-refractivity contribution in [3.05, 3.63) is 48.9 Å². The molecular formula is C12H10N4OS. The van der Waals surface area contributed by atoms with E-state index in [1.807, 2.05) is 36.4 Å². The molecule has 5 nitrogen and oxygen atoms in total. The van der Waals surface area contributed by atoms with Crippen molar-refractivity contribution in [1.29, 1.82) is 0 Å². The Morgan fingerprint density at radius 2 is 2.06 bits per heavy atom. The lowest BCUT2D eigenvalue weighted by atomic mass is 10.3.